The van der Waals surface area contributed by atoms with Gasteiger partial charge >= 0.3 is 11.7 Å². The molecule has 0 amide bonds. The van der Waals surface area contributed by atoms with Gasteiger partial charge in [0.05, 0.1) is 16.0 Å². The van der Waals surface area contributed by atoms with Crippen LogP contribution in [0, 0.1) is 10.1 Å². The molecule has 21 heavy (non-hydrogen) atoms. The van der Waals surface area contributed by atoms with Crippen LogP contribution in [0.25, 0.3) is 0 Å². The first-order valence-corrected chi connectivity index (χ1v) is 6.75. The molecule has 0 unspecified atom stereocenters. The molecule has 0 bridgehead atoms. The van der Waals surface area contributed by atoms with Crippen molar-refractivity contribution in [3.8, 4) is 0 Å². The number of carboxylic acid groups (broad SMARTS) is 1. The Morgan fingerprint density at radius 3 is 2.71 bits per heavy atom. The van der Waals surface area contributed by atoms with Crippen LogP contribution in [0.15, 0.2) is 23.8 Å². The van der Waals surface area contributed by atoms with Gasteiger partial charge in [-0.1, -0.05) is 0 Å². The third-order valence-electron chi connectivity index (χ3n) is 2.71. The number of anilines is 1. The number of hydrogen-bond donors (Lipinski definition) is 2. The van der Waals surface area contributed by atoms with Gasteiger partial charge < -0.3 is 10.4 Å². The molecule has 0 spiro atoms. The minimum absolute atomic E-state index is 0.00481. The molecule has 0 fully saturated rings. The zero-order valence-electron chi connectivity index (χ0n) is 11.2. The molecule has 110 valence electrons. The van der Waals surface area contributed by atoms with E-state index < -0.39 is 16.4 Å². The first kappa shape index (κ1) is 14.9. The Labute approximate surface area is 123 Å². The van der Waals surface area contributed by atoms with E-state index in [2.05, 4.69) is 15.3 Å². The number of thiazole rings is 1. The van der Waals surface area contributed by atoms with Gasteiger partial charge in [-0.3, -0.25) is 10.1 Å². The summed E-state index contributed by atoms with van der Waals surface area (Å²) in [5.74, 6) is -1.26. The summed E-state index contributed by atoms with van der Waals surface area (Å²) in [6.07, 6.45) is 2.72. The lowest BCUT2D eigenvalue weighted by Crippen LogP contribution is -2.28. The summed E-state index contributed by atoms with van der Waals surface area (Å²) in [6, 6.07) is 0.982. The lowest BCUT2D eigenvalue weighted by atomic mass is 10.1. The second-order valence-corrected chi connectivity index (χ2v) is 5.64. The average Bonchev–Trinajstić information content (AvgIpc) is 2.92. The maximum absolute atomic E-state index is 11.1. The molecule has 0 saturated heterocycles. The number of pyridine rings is 1. The number of carboxylic acids is 1. The number of nitrogens with one attached hydrogen (secondary N) is 1. The summed E-state index contributed by atoms with van der Waals surface area (Å²) in [5.41, 5.74) is -1.30. The quantitative estimate of drug-likeness (QED) is 0.643. The van der Waals surface area contributed by atoms with Crippen molar-refractivity contribution in [3.63, 3.8) is 0 Å². The first-order chi connectivity index (χ1) is 9.81. The SMILES string of the molecule is CC(C)(Nc1ncc(C(=O)O)cc1[N+](=O)[O-])c1nccs1. The molecule has 0 aliphatic heterocycles. The Balaban J connectivity index is 2.40. The Morgan fingerprint density at radius 1 is 1.48 bits per heavy atom. The van der Waals surface area contributed by atoms with E-state index in [1.807, 2.05) is 13.8 Å². The van der Waals surface area contributed by atoms with Crippen molar-refractivity contribution in [2.24, 2.45) is 0 Å². The number of carbonyl (C=O) groups is 1. The number of aromatic carboxylic acids is 1. The molecule has 0 atom stereocenters. The van der Waals surface area contributed by atoms with Crippen LogP contribution >= 0.6 is 11.3 Å². The molecular formula is C12H12N4O4S. The molecule has 0 radical (unpaired) electrons. The topological polar surface area (TPSA) is 118 Å². The lowest BCUT2D eigenvalue weighted by molar-refractivity contribution is -0.384. The molecule has 2 aromatic heterocycles. The van der Waals surface area contributed by atoms with E-state index in [4.69, 9.17) is 5.11 Å². The van der Waals surface area contributed by atoms with Crippen LogP contribution in [-0.2, 0) is 5.54 Å². The third kappa shape index (κ3) is 3.14. The minimum Gasteiger partial charge on any atom is -0.478 e. The molecule has 2 aromatic rings. The molecule has 8 nitrogen and oxygen atoms in total. The highest BCUT2D eigenvalue weighted by Crippen LogP contribution is 2.31. The molecule has 2 rings (SSSR count). The molecule has 2 heterocycles. The maximum atomic E-state index is 11.1. The zero-order valence-corrected chi connectivity index (χ0v) is 12.0. The summed E-state index contributed by atoms with van der Waals surface area (Å²) in [4.78, 5) is 29.3. The molecule has 9 heteroatoms. The van der Waals surface area contributed by atoms with E-state index in [0.29, 0.717) is 0 Å². The molecular weight excluding hydrogens is 296 g/mol. The van der Waals surface area contributed by atoms with Crippen molar-refractivity contribution in [2.75, 3.05) is 5.32 Å². The number of nitro groups is 1. The van der Waals surface area contributed by atoms with Crippen LogP contribution in [0.3, 0.4) is 0 Å². The number of rotatable bonds is 5. The van der Waals surface area contributed by atoms with Gasteiger partial charge in [0.2, 0.25) is 5.82 Å². The van der Waals surface area contributed by atoms with Gasteiger partial charge in [-0.15, -0.1) is 11.3 Å². The van der Waals surface area contributed by atoms with Gasteiger partial charge in [0.15, 0.2) is 0 Å². The number of aromatic nitrogens is 2. The monoisotopic (exact) mass is 308 g/mol. The Bertz CT molecular complexity index is 685. The van der Waals surface area contributed by atoms with Gasteiger partial charge in [-0.2, -0.15) is 0 Å². The standard InChI is InChI=1S/C12H12N4O4S/c1-12(2,11-13-3-4-21-11)15-9-8(16(19)20)5-7(6-14-9)10(17)18/h3-6H,1-2H3,(H,14,15)(H,17,18). The highest BCUT2D eigenvalue weighted by Gasteiger charge is 2.28. The summed E-state index contributed by atoms with van der Waals surface area (Å²) in [6.45, 7) is 3.62. The van der Waals surface area contributed by atoms with E-state index in [-0.39, 0.29) is 17.1 Å². The molecule has 0 aliphatic rings. The number of hydrogen-bond acceptors (Lipinski definition) is 7. The van der Waals surface area contributed by atoms with Crippen molar-refractivity contribution in [3.05, 3.63) is 44.5 Å². The van der Waals surface area contributed by atoms with E-state index >= 15 is 0 Å². The third-order valence-corrected chi connectivity index (χ3v) is 3.81. The Kier molecular flexibility index (Phi) is 3.85. The lowest BCUT2D eigenvalue weighted by Gasteiger charge is -2.24. The second kappa shape index (κ2) is 5.44. The summed E-state index contributed by atoms with van der Waals surface area (Å²) in [7, 11) is 0. The Hall–Kier alpha value is -2.55. The van der Waals surface area contributed by atoms with Crippen LogP contribution in [0.2, 0.25) is 0 Å². The largest absolute Gasteiger partial charge is 0.478 e. The number of nitrogens with zero attached hydrogens (tertiary/aromatic N) is 3. The predicted octanol–water partition coefficient (Wildman–Crippen LogP) is 2.49. The summed E-state index contributed by atoms with van der Waals surface area (Å²) < 4.78 is 0. The van der Waals surface area contributed by atoms with Gasteiger partial charge in [0.25, 0.3) is 0 Å². The fourth-order valence-electron chi connectivity index (χ4n) is 1.69. The molecule has 0 aliphatic carbocycles. The zero-order chi connectivity index (χ0) is 15.6. The first-order valence-electron chi connectivity index (χ1n) is 5.87. The van der Waals surface area contributed by atoms with Crippen LogP contribution in [0.5, 0.6) is 0 Å². The molecule has 0 aromatic carbocycles. The van der Waals surface area contributed by atoms with Crippen LogP contribution in [-0.4, -0.2) is 26.0 Å². The predicted molar refractivity (Wildman–Crippen MR) is 76.6 cm³/mol. The van der Waals surface area contributed by atoms with Crippen molar-refractivity contribution in [1.29, 1.82) is 0 Å². The van der Waals surface area contributed by atoms with E-state index in [1.54, 1.807) is 11.6 Å². The van der Waals surface area contributed by atoms with E-state index in [1.165, 1.54) is 11.3 Å². The normalized spacial score (nSPS) is 11.1. The Morgan fingerprint density at radius 2 is 2.19 bits per heavy atom. The smallest absolute Gasteiger partial charge is 0.337 e. The van der Waals surface area contributed by atoms with Crippen molar-refractivity contribution < 1.29 is 14.8 Å². The van der Waals surface area contributed by atoms with Crippen LogP contribution < -0.4 is 5.32 Å². The average molecular weight is 308 g/mol. The van der Waals surface area contributed by atoms with Crippen molar-refractivity contribution in [1.82, 2.24) is 9.97 Å². The fourth-order valence-corrected chi connectivity index (χ4v) is 2.41. The summed E-state index contributed by atoms with van der Waals surface area (Å²) in [5, 5.41) is 25.4. The maximum Gasteiger partial charge on any atom is 0.337 e. The van der Waals surface area contributed by atoms with Gasteiger partial charge in [-0.25, -0.2) is 14.8 Å². The van der Waals surface area contributed by atoms with Gasteiger partial charge in [-0.05, 0) is 13.8 Å². The molecule has 0 saturated carbocycles. The van der Waals surface area contributed by atoms with Crippen LogP contribution in [0.1, 0.15) is 29.2 Å². The molecule has 2 N–H and O–H groups in total. The van der Waals surface area contributed by atoms with E-state index in [9.17, 15) is 14.9 Å². The van der Waals surface area contributed by atoms with Gasteiger partial charge in [0, 0.05) is 23.8 Å². The van der Waals surface area contributed by atoms with Crippen molar-refractivity contribution >= 4 is 28.8 Å². The van der Waals surface area contributed by atoms with Crippen molar-refractivity contribution in [2.45, 2.75) is 19.4 Å². The highest BCUT2D eigenvalue weighted by molar-refractivity contribution is 7.09. The highest BCUT2D eigenvalue weighted by atomic mass is 32.1. The van der Waals surface area contributed by atoms with Gasteiger partial charge in [0.1, 0.15) is 5.01 Å². The fraction of sp³-hybridized carbons (Fsp3) is 0.250. The van der Waals surface area contributed by atoms with Crippen LogP contribution in [0.4, 0.5) is 11.5 Å². The summed E-state index contributed by atoms with van der Waals surface area (Å²) >= 11 is 1.41. The minimum atomic E-state index is -1.27. The van der Waals surface area contributed by atoms with E-state index in [0.717, 1.165) is 17.3 Å². The second-order valence-electron chi connectivity index (χ2n) is 4.74.